The van der Waals surface area contributed by atoms with Gasteiger partial charge in [-0.05, 0) is 102 Å². The summed E-state index contributed by atoms with van der Waals surface area (Å²) in [6, 6.07) is 9.31. The smallest absolute Gasteiger partial charge is 0.410 e. The van der Waals surface area contributed by atoms with Gasteiger partial charge in [0, 0.05) is 54.3 Å². The molecule has 3 aliphatic rings. The fourth-order valence-electron chi connectivity index (χ4n) is 7.12. The summed E-state index contributed by atoms with van der Waals surface area (Å²) in [6.07, 6.45) is 8.09. The van der Waals surface area contributed by atoms with Gasteiger partial charge in [0.05, 0.1) is 30.7 Å². The number of piperidine rings is 1. The van der Waals surface area contributed by atoms with Gasteiger partial charge in [0.25, 0.3) is 0 Å². The highest BCUT2D eigenvalue weighted by Crippen LogP contribution is 2.40. The molecule has 6 rings (SSSR count). The van der Waals surface area contributed by atoms with E-state index in [1.54, 1.807) is 18.5 Å². The Hall–Kier alpha value is -3.67. The largest absolute Gasteiger partial charge is 0.469 e. The van der Waals surface area contributed by atoms with Crippen LogP contribution in [-0.2, 0) is 20.8 Å². The van der Waals surface area contributed by atoms with Crippen molar-refractivity contribution >= 4 is 41.2 Å². The maximum absolute atomic E-state index is 13.0. The van der Waals surface area contributed by atoms with Gasteiger partial charge in [0.1, 0.15) is 5.60 Å². The number of esters is 1. The minimum Gasteiger partial charge on any atom is -0.469 e. The number of pyridine rings is 1. The monoisotopic (exact) mass is 710 g/mol. The van der Waals surface area contributed by atoms with E-state index in [4.69, 9.17) is 42.4 Å². The number of hydrogen-bond acceptors (Lipinski definition) is 10. The number of likely N-dealkylation sites (tertiary alicyclic amines) is 2. The highest BCUT2D eigenvalue weighted by atomic mass is 35.5. The van der Waals surface area contributed by atoms with E-state index in [2.05, 4.69) is 19.8 Å². The van der Waals surface area contributed by atoms with E-state index in [1.165, 1.54) is 7.11 Å². The van der Waals surface area contributed by atoms with Gasteiger partial charge in [-0.2, -0.15) is 0 Å². The number of rotatable bonds is 8. The zero-order chi connectivity index (χ0) is 34.8. The number of aromatic nitrogens is 3. The molecule has 49 heavy (non-hydrogen) atoms. The van der Waals surface area contributed by atoms with Crippen molar-refractivity contribution in [1.82, 2.24) is 24.8 Å². The van der Waals surface area contributed by atoms with Crippen molar-refractivity contribution in [2.45, 2.75) is 77.0 Å². The Bertz CT molecular complexity index is 1640. The van der Waals surface area contributed by atoms with Gasteiger partial charge in [-0.15, -0.1) is 0 Å². The lowest BCUT2D eigenvalue weighted by atomic mass is 9.93. The van der Waals surface area contributed by atoms with Crippen molar-refractivity contribution in [1.29, 1.82) is 0 Å². The molecule has 3 saturated heterocycles. The molecule has 11 nitrogen and oxygen atoms in total. The van der Waals surface area contributed by atoms with Crippen LogP contribution in [0.4, 0.5) is 10.7 Å². The third-order valence-electron chi connectivity index (χ3n) is 9.48. The van der Waals surface area contributed by atoms with Crippen LogP contribution in [0.2, 0.25) is 10.0 Å². The Morgan fingerprint density at radius 3 is 2.35 bits per heavy atom. The number of hydrogen-bond donors (Lipinski definition) is 0. The van der Waals surface area contributed by atoms with Crippen molar-refractivity contribution in [2.24, 2.45) is 5.92 Å². The van der Waals surface area contributed by atoms with E-state index >= 15 is 0 Å². The summed E-state index contributed by atoms with van der Waals surface area (Å²) in [7, 11) is 1.44. The van der Waals surface area contributed by atoms with Gasteiger partial charge >= 0.3 is 12.1 Å². The summed E-state index contributed by atoms with van der Waals surface area (Å²) in [5.41, 5.74) is 1.67. The van der Waals surface area contributed by atoms with Crippen LogP contribution < -0.4 is 9.64 Å². The number of halogens is 2. The minimum absolute atomic E-state index is 0.154. The normalized spacial score (nSPS) is 20.2. The van der Waals surface area contributed by atoms with Crippen LogP contribution in [-0.4, -0.2) is 87.8 Å². The second kappa shape index (κ2) is 14.7. The van der Waals surface area contributed by atoms with Crippen LogP contribution in [0.5, 0.6) is 11.6 Å². The van der Waals surface area contributed by atoms with E-state index in [9.17, 15) is 9.59 Å². The van der Waals surface area contributed by atoms with Gasteiger partial charge in [0.15, 0.2) is 5.75 Å². The third-order valence-corrected chi connectivity index (χ3v) is 9.92. The third kappa shape index (κ3) is 8.74. The number of nitrogens with zero attached hydrogens (tertiary/aromatic N) is 6. The lowest BCUT2D eigenvalue weighted by Crippen LogP contribution is -2.50. The first-order valence-electron chi connectivity index (χ1n) is 16.9. The number of ether oxygens (including phenoxy) is 3. The molecular weight excluding hydrogens is 667 g/mol. The Balaban J connectivity index is 1.16. The van der Waals surface area contributed by atoms with E-state index in [0.29, 0.717) is 65.3 Å². The Morgan fingerprint density at radius 1 is 0.959 bits per heavy atom. The van der Waals surface area contributed by atoms with Gasteiger partial charge in [-0.3, -0.25) is 9.69 Å². The molecular formula is C36H44Cl2N6O5. The zero-order valence-electron chi connectivity index (χ0n) is 28.6. The molecule has 1 aromatic carbocycles. The fourth-order valence-corrected chi connectivity index (χ4v) is 7.64. The van der Waals surface area contributed by atoms with Gasteiger partial charge in [-0.25, -0.2) is 19.7 Å². The van der Waals surface area contributed by atoms with Crippen LogP contribution in [0.1, 0.15) is 64.9 Å². The number of anilines is 1. The van der Waals surface area contributed by atoms with Crippen molar-refractivity contribution in [3.63, 3.8) is 0 Å². The molecule has 0 bridgehead atoms. The van der Waals surface area contributed by atoms with Crippen LogP contribution in [0.3, 0.4) is 0 Å². The molecule has 3 aliphatic heterocycles. The van der Waals surface area contributed by atoms with Crippen molar-refractivity contribution < 1.29 is 23.8 Å². The van der Waals surface area contributed by atoms with Crippen LogP contribution in [0.25, 0.3) is 11.3 Å². The predicted octanol–water partition coefficient (Wildman–Crippen LogP) is 7.39. The van der Waals surface area contributed by atoms with E-state index < -0.39 is 5.60 Å². The van der Waals surface area contributed by atoms with Gasteiger partial charge < -0.3 is 24.0 Å². The molecule has 1 spiro atoms. The molecule has 2 aromatic heterocycles. The summed E-state index contributed by atoms with van der Waals surface area (Å²) < 4.78 is 16.8. The van der Waals surface area contributed by atoms with Gasteiger partial charge in [-0.1, -0.05) is 23.2 Å². The van der Waals surface area contributed by atoms with E-state index in [-0.39, 0.29) is 17.6 Å². The maximum atomic E-state index is 13.0. The van der Waals surface area contributed by atoms with Crippen molar-refractivity contribution in [3.05, 3.63) is 58.3 Å². The molecule has 13 heteroatoms. The molecule has 1 atom stereocenters. The summed E-state index contributed by atoms with van der Waals surface area (Å²) >= 11 is 12.7. The van der Waals surface area contributed by atoms with Crippen LogP contribution in [0.15, 0.2) is 42.7 Å². The molecule has 0 saturated carbocycles. The second-order valence-electron chi connectivity index (χ2n) is 14.3. The number of carbonyl (C=O) groups is 2. The number of carbonyl (C=O) groups excluding carboxylic acids is 2. The van der Waals surface area contributed by atoms with Crippen molar-refractivity contribution in [2.75, 3.05) is 44.7 Å². The number of amides is 1. The molecule has 5 heterocycles. The summed E-state index contributed by atoms with van der Waals surface area (Å²) in [5.74, 6) is 1.63. The quantitative estimate of drug-likeness (QED) is 0.220. The predicted molar refractivity (Wildman–Crippen MR) is 188 cm³/mol. The Kier molecular flexibility index (Phi) is 10.5. The average Bonchev–Trinajstić information content (AvgIpc) is 3.67. The molecule has 0 N–H and O–H groups in total. The summed E-state index contributed by atoms with van der Waals surface area (Å²) in [5, 5.41) is 1.04. The first kappa shape index (κ1) is 35.2. The Labute approximate surface area is 297 Å². The summed E-state index contributed by atoms with van der Waals surface area (Å²) in [4.78, 5) is 45.3. The Morgan fingerprint density at radius 2 is 1.67 bits per heavy atom. The first-order chi connectivity index (χ1) is 23.4. The molecule has 262 valence electrons. The average molecular weight is 712 g/mol. The maximum Gasteiger partial charge on any atom is 0.410 e. The van der Waals surface area contributed by atoms with E-state index in [1.807, 2.05) is 49.9 Å². The summed E-state index contributed by atoms with van der Waals surface area (Å²) in [6.45, 7) is 10.2. The standard InChI is InChI=1S/C36H44Cl2N6O5/c1-35(2,3)49-34(46)44-10-5-8-36(44)9-13-43(23-36)33-39-20-29(21-40-33)48-31-15-25(14-30(41-31)26-17-27(37)19-28(38)18-26)22-42-11-6-24(7-12-42)16-32(45)47-4/h14-15,17-21,24H,5-13,16,22-23H2,1-4H3. The van der Waals surface area contributed by atoms with E-state index in [0.717, 1.165) is 62.9 Å². The molecule has 0 radical (unpaired) electrons. The molecule has 1 unspecified atom stereocenters. The number of methoxy groups -OCH3 is 1. The molecule has 0 aliphatic carbocycles. The second-order valence-corrected chi connectivity index (χ2v) is 15.2. The topological polar surface area (TPSA) is 110 Å². The first-order valence-corrected chi connectivity index (χ1v) is 17.7. The molecule has 1 amide bonds. The lowest BCUT2D eigenvalue weighted by molar-refractivity contribution is -0.142. The number of benzene rings is 1. The highest BCUT2D eigenvalue weighted by Gasteiger charge is 2.49. The van der Waals surface area contributed by atoms with Crippen LogP contribution >= 0.6 is 23.2 Å². The van der Waals surface area contributed by atoms with Crippen LogP contribution in [0, 0.1) is 5.92 Å². The molecule has 3 aromatic rings. The van der Waals surface area contributed by atoms with Crippen molar-refractivity contribution in [3.8, 4) is 22.9 Å². The lowest BCUT2D eigenvalue weighted by Gasteiger charge is -2.36. The highest BCUT2D eigenvalue weighted by molar-refractivity contribution is 6.35. The zero-order valence-corrected chi connectivity index (χ0v) is 30.1. The van der Waals surface area contributed by atoms with Gasteiger partial charge in [0.2, 0.25) is 11.8 Å². The molecule has 3 fully saturated rings. The fraction of sp³-hybridized carbons (Fsp3) is 0.528. The minimum atomic E-state index is -0.543. The SMILES string of the molecule is COC(=O)CC1CCN(Cc2cc(Oc3cnc(N4CCC5(CCCN5C(=O)OC(C)(C)C)C4)nc3)nc(-c3cc(Cl)cc(Cl)c3)c2)CC1.